The monoisotopic (exact) mass is 212 g/mol. The number of aromatic nitrogens is 3. The van der Waals surface area contributed by atoms with Crippen LogP contribution in [0.2, 0.25) is 0 Å². The molecule has 1 aromatic heterocycles. The second-order valence-corrected chi connectivity index (χ2v) is 2.92. The van der Waals surface area contributed by atoms with Gasteiger partial charge in [-0.3, -0.25) is 9.59 Å². The molecular formula is C8H12N4O3. The van der Waals surface area contributed by atoms with Crippen molar-refractivity contribution in [3.05, 3.63) is 12.7 Å². The van der Waals surface area contributed by atoms with E-state index in [1.807, 2.05) is 0 Å². The summed E-state index contributed by atoms with van der Waals surface area (Å²) in [5.74, 6) is -0.685. The van der Waals surface area contributed by atoms with E-state index in [0.29, 0.717) is 0 Å². The van der Waals surface area contributed by atoms with E-state index in [1.165, 1.54) is 36.4 Å². The Morgan fingerprint density at radius 3 is 2.80 bits per heavy atom. The first-order valence-corrected chi connectivity index (χ1v) is 4.26. The van der Waals surface area contributed by atoms with E-state index >= 15 is 0 Å². The summed E-state index contributed by atoms with van der Waals surface area (Å²) in [6.45, 7) is -0.00246. The number of amides is 1. The van der Waals surface area contributed by atoms with E-state index in [9.17, 15) is 9.59 Å². The third kappa shape index (κ3) is 3.37. The number of carbonyl (C=O) groups is 2. The summed E-state index contributed by atoms with van der Waals surface area (Å²) in [4.78, 5) is 27.3. The Hall–Kier alpha value is -1.92. The zero-order valence-electron chi connectivity index (χ0n) is 8.58. The topological polar surface area (TPSA) is 77.3 Å². The molecule has 0 radical (unpaired) electrons. The number of likely N-dealkylation sites (N-methyl/N-ethyl adjacent to an activating group) is 1. The van der Waals surface area contributed by atoms with Crippen molar-refractivity contribution >= 4 is 11.9 Å². The fraction of sp³-hybridized carbons (Fsp3) is 0.500. The van der Waals surface area contributed by atoms with Gasteiger partial charge in [0.15, 0.2) is 0 Å². The molecule has 1 rings (SSSR count). The number of ether oxygens (including phenoxy) is 1. The molecule has 15 heavy (non-hydrogen) atoms. The number of methoxy groups -OCH3 is 1. The van der Waals surface area contributed by atoms with Gasteiger partial charge in [-0.2, -0.15) is 5.10 Å². The summed E-state index contributed by atoms with van der Waals surface area (Å²) in [6.07, 6.45) is 2.78. The molecular weight excluding hydrogens is 200 g/mol. The minimum absolute atomic E-state index is 0.0630. The van der Waals surface area contributed by atoms with Crippen molar-refractivity contribution in [1.82, 2.24) is 19.7 Å². The fourth-order valence-corrected chi connectivity index (χ4v) is 0.920. The molecule has 7 nitrogen and oxygen atoms in total. The third-order valence-electron chi connectivity index (χ3n) is 1.78. The van der Waals surface area contributed by atoms with Crippen molar-refractivity contribution in [2.24, 2.45) is 0 Å². The molecule has 1 heterocycles. The van der Waals surface area contributed by atoms with E-state index in [-0.39, 0.29) is 19.0 Å². The highest BCUT2D eigenvalue weighted by atomic mass is 16.5. The van der Waals surface area contributed by atoms with Gasteiger partial charge >= 0.3 is 5.97 Å². The normalized spacial score (nSPS) is 9.73. The van der Waals surface area contributed by atoms with Crippen LogP contribution in [0.15, 0.2) is 12.7 Å². The van der Waals surface area contributed by atoms with Crippen molar-refractivity contribution in [2.45, 2.75) is 6.54 Å². The minimum atomic E-state index is -0.454. The SMILES string of the molecule is COC(=O)CN(C)C(=O)Cn1cncn1. The molecule has 0 aliphatic rings. The molecule has 0 aromatic carbocycles. The largest absolute Gasteiger partial charge is 0.468 e. The molecule has 0 bridgehead atoms. The second-order valence-electron chi connectivity index (χ2n) is 2.92. The summed E-state index contributed by atoms with van der Waals surface area (Å²) in [5.41, 5.74) is 0. The Balaban J connectivity index is 2.43. The van der Waals surface area contributed by atoms with E-state index in [1.54, 1.807) is 0 Å². The lowest BCUT2D eigenvalue weighted by Gasteiger charge is -2.14. The van der Waals surface area contributed by atoms with E-state index < -0.39 is 5.97 Å². The van der Waals surface area contributed by atoms with Crippen LogP contribution in [0.25, 0.3) is 0 Å². The predicted molar refractivity (Wildman–Crippen MR) is 49.7 cm³/mol. The molecule has 0 unspecified atom stereocenters. The maximum Gasteiger partial charge on any atom is 0.325 e. The van der Waals surface area contributed by atoms with Gasteiger partial charge in [-0.05, 0) is 0 Å². The minimum Gasteiger partial charge on any atom is -0.468 e. The van der Waals surface area contributed by atoms with Gasteiger partial charge in [0, 0.05) is 7.05 Å². The predicted octanol–water partition coefficient (Wildman–Crippen LogP) is -1.09. The molecule has 0 aliphatic carbocycles. The highest BCUT2D eigenvalue weighted by Crippen LogP contribution is 1.90. The number of esters is 1. The van der Waals surface area contributed by atoms with Crippen molar-refractivity contribution in [2.75, 3.05) is 20.7 Å². The molecule has 82 valence electrons. The van der Waals surface area contributed by atoms with Crippen LogP contribution in [0, 0.1) is 0 Å². The van der Waals surface area contributed by atoms with Crippen LogP contribution in [0.1, 0.15) is 0 Å². The highest BCUT2D eigenvalue weighted by molar-refractivity contribution is 5.81. The molecule has 0 atom stereocenters. The van der Waals surface area contributed by atoms with Crippen LogP contribution in [0.5, 0.6) is 0 Å². The van der Waals surface area contributed by atoms with Gasteiger partial charge < -0.3 is 9.64 Å². The lowest BCUT2D eigenvalue weighted by Crippen LogP contribution is -2.35. The number of nitrogens with zero attached hydrogens (tertiary/aromatic N) is 4. The van der Waals surface area contributed by atoms with Gasteiger partial charge in [0.1, 0.15) is 25.7 Å². The van der Waals surface area contributed by atoms with Crippen LogP contribution >= 0.6 is 0 Å². The van der Waals surface area contributed by atoms with Crippen molar-refractivity contribution in [3.63, 3.8) is 0 Å². The molecule has 7 heteroatoms. The summed E-state index contributed by atoms with van der Waals surface area (Å²) < 4.78 is 5.82. The molecule has 0 saturated carbocycles. The molecule has 0 fully saturated rings. The molecule has 0 N–H and O–H groups in total. The van der Waals surface area contributed by atoms with Crippen LogP contribution in [-0.2, 0) is 20.9 Å². The Labute approximate surface area is 86.6 Å². The van der Waals surface area contributed by atoms with Crippen molar-refractivity contribution < 1.29 is 14.3 Å². The maximum absolute atomic E-state index is 11.5. The van der Waals surface area contributed by atoms with Gasteiger partial charge in [-0.1, -0.05) is 0 Å². The van der Waals surface area contributed by atoms with E-state index in [2.05, 4.69) is 14.8 Å². The summed E-state index contributed by atoms with van der Waals surface area (Å²) in [7, 11) is 2.80. The summed E-state index contributed by atoms with van der Waals surface area (Å²) in [6, 6.07) is 0. The summed E-state index contributed by atoms with van der Waals surface area (Å²) >= 11 is 0. The summed E-state index contributed by atoms with van der Waals surface area (Å²) in [5, 5.41) is 3.78. The first-order chi connectivity index (χ1) is 7.13. The zero-order valence-corrected chi connectivity index (χ0v) is 8.58. The quantitative estimate of drug-likeness (QED) is 0.593. The smallest absolute Gasteiger partial charge is 0.325 e. The Bertz CT molecular complexity index is 336. The number of rotatable bonds is 4. The Morgan fingerprint density at radius 2 is 2.27 bits per heavy atom. The number of carbonyl (C=O) groups excluding carboxylic acids is 2. The van der Waals surface area contributed by atoms with Crippen LogP contribution < -0.4 is 0 Å². The Morgan fingerprint density at radius 1 is 1.53 bits per heavy atom. The van der Waals surface area contributed by atoms with Gasteiger partial charge in [0.05, 0.1) is 7.11 Å². The maximum atomic E-state index is 11.5. The van der Waals surface area contributed by atoms with Gasteiger partial charge in [0.25, 0.3) is 0 Å². The standard InChI is InChI=1S/C8H12N4O3/c1-11(4-8(14)15-2)7(13)3-12-6-9-5-10-12/h5-6H,3-4H2,1-2H3. The molecule has 1 aromatic rings. The third-order valence-corrected chi connectivity index (χ3v) is 1.78. The number of hydrogen-bond donors (Lipinski definition) is 0. The first kappa shape index (κ1) is 11.2. The molecule has 1 amide bonds. The average molecular weight is 212 g/mol. The average Bonchev–Trinajstić information content (AvgIpc) is 2.70. The van der Waals surface area contributed by atoms with Crippen molar-refractivity contribution in [1.29, 1.82) is 0 Å². The van der Waals surface area contributed by atoms with Crippen molar-refractivity contribution in [3.8, 4) is 0 Å². The molecule has 0 aliphatic heterocycles. The van der Waals surface area contributed by atoms with Crippen LogP contribution in [-0.4, -0.2) is 52.2 Å². The van der Waals surface area contributed by atoms with Gasteiger partial charge in [-0.15, -0.1) is 0 Å². The second kappa shape index (κ2) is 5.08. The number of hydrogen-bond acceptors (Lipinski definition) is 5. The zero-order chi connectivity index (χ0) is 11.3. The first-order valence-electron chi connectivity index (χ1n) is 4.26. The molecule has 0 saturated heterocycles. The van der Waals surface area contributed by atoms with Gasteiger partial charge in [-0.25, -0.2) is 9.67 Å². The van der Waals surface area contributed by atoms with Crippen LogP contribution in [0.4, 0.5) is 0 Å². The van der Waals surface area contributed by atoms with Crippen LogP contribution in [0.3, 0.4) is 0 Å². The van der Waals surface area contributed by atoms with E-state index in [0.717, 1.165) is 0 Å². The lowest BCUT2D eigenvalue weighted by molar-refractivity contribution is -0.146. The Kier molecular flexibility index (Phi) is 3.78. The highest BCUT2D eigenvalue weighted by Gasteiger charge is 2.13. The lowest BCUT2D eigenvalue weighted by atomic mass is 10.5. The fourth-order valence-electron chi connectivity index (χ4n) is 0.920. The molecule has 0 spiro atoms. The van der Waals surface area contributed by atoms with Gasteiger partial charge in [0.2, 0.25) is 5.91 Å². The van der Waals surface area contributed by atoms with E-state index in [4.69, 9.17) is 0 Å².